The summed E-state index contributed by atoms with van der Waals surface area (Å²) in [6.45, 7) is 8.17. The second kappa shape index (κ2) is 15.6. The number of unbranched alkanes of at least 4 members (excludes halogenated alkanes) is 1. The maximum Gasteiger partial charge on any atom is 0.175 e. The van der Waals surface area contributed by atoms with Gasteiger partial charge in [0.25, 0.3) is 0 Å². The molecule has 0 aliphatic heterocycles. The lowest BCUT2D eigenvalue weighted by atomic mass is 10.1. The van der Waals surface area contributed by atoms with Gasteiger partial charge in [0, 0.05) is 0 Å². The number of carbonyl (C=O) groups is 2. The molecule has 0 aliphatic carbocycles. The van der Waals surface area contributed by atoms with Gasteiger partial charge in [-0.2, -0.15) is 0 Å². The van der Waals surface area contributed by atoms with E-state index < -0.39 is 12.2 Å². The van der Waals surface area contributed by atoms with Crippen molar-refractivity contribution in [2.45, 2.75) is 78.4 Å². The zero-order chi connectivity index (χ0) is 16.7. The molecule has 0 saturated carbocycles. The first-order valence-corrected chi connectivity index (χ1v) is 8.13. The Bertz CT molecular complexity index is 244. The number of Topliss-reactive ketones (excluding diaryl/α,β-unsaturated/α-hetero) is 2. The third-order valence-electron chi connectivity index (χ3n) is 3.05. The van der Waals surface area contributed by atoms with Crippen molar-refractivity contribution >= 4 is 11.6 Å². The van der Waals surface area contributed by atoms with Crippen molar-refractivity contribution in [3.63, 3.8) is 0 Å². The number of hydrogen-bond donors (Lipinski definition) is 2. The van der Waals surface area contributed by atoms with Gasteiger partial charge >= 0.3 is 0 Å². The van der Waals surface area contributed by atoms with E-state index in [1.807, 2.05) is 13.8 Å². The Morgan fingerprint density at radius 3 is 1.29 bits per heavy atom. The molecule has 0 aromatic rings. The summed E-state index contributed by atoms with van der Waals surface area (Å²) >= 11 is 0. The predicted octanol–water partition coefficient (Wildman–Crippen LogP) is 2.20. The third kappa shape index (κ3) is 11.5. The summed E-state index contributed by atoms with van der Waals surface area (Å²) in [5.41, 5.74) is 10.6. The van der Waals surface area contributed by atoms with Crippen LogP contribution in [0, 0.1) is 0 Å². The van der Waals surface area contributed by atoms with Crippen molar-refractivity contribution < 1.29 is 14.3 Å². The number of nitrogens with two attached hydrogens (primary N) is 2. The van der Waals surface area contributed by atoms with Crippen molar-refractivity contribution in [1.29, 1.82) is 0 Å². The number of rotatable bonds is 11. The highest BCUT2D eigenvalue weighted by atomic mass is 16.5. The van der Waals surface area contributed by atoms with Crippen LogP contribution in [0.25, 0.3) is 0 Å². The second-order valence-corrected chi connectivity index (χ2v) is 5.03. The molecule has 0 saturated heterocycles. The largest absolute Gasteiger partial charge is 0.359 e. The maximum atomic E-state index is 11.6. The van der Waals surface area contributed by atoms with E-state index >= 15 is 0 Å². The highest BCUT2D eigenvalue weighted by molar-refractivity contribution is 5.87. The molecule has 0 aromatic carbocycles. The van der Waals surface area contributed by atoms with Crippen LogP contribution in [-0.4, -0.2) is 36.9 Å². The zero-order valence-corrected chi connectivity index (χ0v) is 14.2. The van der Waals surface area contributed by atoms with Crippen LogP contribution in [0.3, 0.4) is 0 Å². The molecule has 0 aliphatic rings. The molecular formula is C16H34N2O3. The minimum atomic E-state index is -0.572. The van der Waals surface area contributed by atoms with E-state index in [-0.39, 0.29) is 24.7 Å². The molecule has 0 amide bonds. The van der Waals surface area contributed by atoms with Gasteiger partial charge in [-0.1, -0.05) is 53.4 Å². The van der Waals surface area contributed by atoms with E-state index in [0.717, 1.165) is 12.8 Å². The normalized spacial score (nSPS) is 13.0. The molecule has 0 fully saturated rings. The second-order valence-electron chi connectivity index (χ2n) is 5.03. The number of ether oxygens (including phenoxy) is 1. The maximum absolute atomic E-state index is 11.6. The summed E-state index contributed by atoms with van der Waals surface area (Å²) in [7, 11) is 0. The fraction of sp³-hybridized carbons (Fsp3) is 0.875. The summed E-state index contributed by atoms with van der Waals surface area (Å²) in [5, 5.41) is 0. The topological polar surface area (TPSA) is 95.4 Å². The molecular weight excluding hydrogens is 268 g/mol. The smallest absolute Gasteiger partial charge is 0.175 e. The molecule has 126 valence electrons. The van der Waals surface area contributed by atoms with E-state index in [1.54, 1.807) is 0 Å². The standard InChI is InChI=1S/C12H24N2O3.C4H10/c1-3-5-11(9(15)7-13)17-12(6-4-2)10(16)8-14;1-3-4-2/h11-12H,3-8,13-14H2,1-2H3;3-4H2,1-2H3. The van der Waals surface area contributed by atoms with Crippen molar-refractivity contribution in [3.8, 4) is 0 Å². The molecule has 4 N–H and O–H groups in total. The average molecular weight is 302 g/mol. The van der Waals surface area contributed by atoms with Gasteiger partial charge in [-0.25, -0.2) is 0 Å². The fourth-order valence-electron chi connectivity index (χ4n) is 1.60. The van der Waals surface area contributed by atoms with Crippen LogP contribution in [0.15, 0.2) is 0 Å². The molecule has 5 nitrogen and oxygen atoms in total. The van der Waals surface area contributed by atoms with E-state index in [1.165, 1.54) is 12.8 Å². The molecule has 0 aromatic heterocycles. The lowest BCUT2D eigenvalue weighted by Crippen LogP contribution is -2.39. The predicted molar refractivity (Wildman–Crippen MR) is 87.2 cm³/mol. The van der Waals surface area contributed by atoms with Crippen molar-refractivity contribution in [2.24, 2.45) is 11.5 Å². The minimum Gasteiger partial charge on any atom is -0.359 e. The van der Waals surface area contributed by atoms with Gasteiger partial charge in [-0.3, -0.25) is 9.59 Å². The average Bonchev–Trinajstić information content (AvgIpc) is 2.52. The van der Waals surface area contributed by atoms with Gasteiger partial charge in [-0.05, 0) is 12.8 Å². The molecule has 0 heterocycles. The summed E-state index contributed by atoms with van der Waals surface area (Å²) in [6, 6.07) is 0. The first-order valence-electron chi connectivity index (χ1n) is 8.13. The Kier molecular flexibility index (Phi) is 16.7. The molecule has 5 heteroatoms. The highest BCUT2D eigenvalue weighted by Crippen LogP contribution is 2.11. The molecule has 0 bridgehead atoms. The molecule has 0 radical (unpaired) electrons. The highest BCUT2D eigenvalue weighted by Gasteiger charge is 2.25. The summed E-state index contributed by atoms with van der Waals surface area (Å²) in [6.07, 6.45) is 4.30. The van der Waals surface area contributed by atoms with Crippen LogP contribution in [0.4, 0.5) is 0 Å². The molecule has 2 unspecified atom stereocenters. The van der Waals surface area contributed by atoms with Crippen LogP contribution in [0.1, 0.15) is 66.2 Å². The van der Waals surface area contributed by atoms with E-state index in [4.69, 9.17) is 16.2 Å². The van der Waals surface area contributed by atoms with Crippen molar-refractivity contribution in [1.82, 2.24) is 0 Å². The Morgan fingerprint density at radius 2 is 1.10 bits per heavy atom. The summed E-state index contributed by atoms with van der Waals surface area (Å²) in [5.74, 6) is -0.310. The monoisotopic (exact) mass is 302 g/mol. The van der Waals surface area contributed by atoms with Crippen molar-refractivity contribution in [2.75, 3.05) is 13.1 Å². The molecule has 2 atom stereocenters. The van der Waals surface area contributed by atoms with Gasteiger partial charge in [0.2, 0.25) is 0 Å². The Morgan fingerprint density at radius 1 is 0.762 bits per heavy atom. The molecule has 0 rings (SSSR count). The SMILES string of the molecule is CCCC.CCCC(OC(CCC)C(=O)CN)C(=O)CN. The minimum absolute atomic E-state index is 0.0552. The Balaban J connectivity index is 0. The van der Waals surface area contributed by atoms with Crippen LogP contribution < -0.4 is 11.5 Å². The lowest BCUT2D eigenvalue weighted by Gasteiger charge is -2.22. The van der Waals surface area contributed by atoms with E-state index in [0.29, 0.717) is 12.8 Å². The Labute approximate surface area is 129 Å². The first kappa shape index (κ1) is 22.5. The molecule has 21 heavy (non-hydrogen) atoms. The summed E-state index contributed by atoms with van der Waals surface area (Å²) < 4.78 is 5.58. The zero-order valence-electron chi connectivity index (χ0n) is 14.2. The third-order valence-corrected chi connectivity index (χ3v) is 3.05. The first-order chi connectivity index (χ1) is 10.0. The Hall–Kier alpha value is -0.780. The quantitative estimate of drug-likeness (QED) is 0.610. The van der Waals surface area contributed by atoms with Gasteiger partial charge in [0.05, 0.1) is 13.1 Å². The van der Waals surface area contributed by atoms with Crippen LogP contribution in [0.5, 0.6) is 0 Å². The van der Waals surface area contributed by atoms with Crippen LogP contribution in [-0.2, 0) is 14.3 Å². The van der Waals surface area contributed by atoms with Crippen LogP contribution >= 0.6 is 0 Å². The van der Waals surface area contributed by atoms with Crippen LogP contribution in [0.2, 0.25) is 0 Å². The lowest BCUT2D eigenvalue weighted by molar-refractivity contribution is -0.143. The number of ketones is 2. The van der Waals surface area contributed by atoms with Gasteiger partial charge in [-0.15, -0.1) is 0 Å². The van der Waals surface area contributed by atoms with E-state index in [2.05, 4.69) is 13.8 Å². The van der Waals surface area contributed by atoms with Gasteiger partial charge in [0.15, 0.2) is 11.6 Å². The fourth-order valence-corrected chi connectivity index (χ4v) is 1.60. The van der Waals surface area contributed by atoms with Gasteiger partial charge in [0.1, 0.15) is 12.2 Å². The molecule has 0 spiro atoms. The number of hydrogen-bond acceptors (Lipinski definition) is 5. The van der Waals surface area contributed by atoms with Crippen molar-refractivity contribution in [3.05, 3.63) is 0 Å². The van der Waals surface area contributed by atoms with Gasteiger partial charge < -0.3 is 16.2 Å². The van der Waals surface area contributed by atoms with E-state index in [9.17, 15) is 9.59 Å². The number of carbonyl (C=O) groups excluding carboxylic acids is 2. The summed E-state index contributed by atoms with van der Waals surface area (Å²) in [4.78, 5) is 23.1.